The summed E-state index contributed by atoms with van der Waals surface area (Å²) in [7, 11) is 0. The lowest BCUT2D eigenvalue weighted by Gasteiger charge is -2.26. The minimum atomic E-state index is -4.30. The molecule has 1 aliphatic carbocycles. The summed E-state index contributed by atoms with van der Waals surface area (Å²) in [5.41, 5.74) is 6.04. The molecule has 1 aromatic carbocycles. The quantitative estimate of drug-likeness (QED) is 0.912. The normalized spacial score (nSPS) is 28.8. The molecule has 3 atom stereocenters. The molecular weight excluding hydrogens is 281 g/mol. The molecule has 1 aliphatic heterocycles. The minimum Gasteiger partial charge on any atom is -0.475 e. The molecule has 3 unspecified atom stereocenters. The van der Waals surface area contributed by atoms with E-state index >= 15 is 0 Å². The van der Waals surface area contributed by atoms with E-state index in [9.17, 15) is 13.2 Å². The molecule has 2 aliphatic rings. The molecule has 3 rings (SSSR count). The minimum absolute atomic E-state index is 0.0400. The van der Waals surface area contributed by atoms with Crippen LogP contribution in [0.5, 0.6) is 0 Å². The number of hydrogen-bond acceptors (Lipinski definition) is 3. The first-order valence-electron chi connectivity index (χ1n) is 7.07. The number of rotatable bonds is 2. The second-order valence-electron chi connectivity index (χ2n) is 5.69. The molecule has 0 amide bonds. The van der Waals surface area contributed by atoms with E-state index < -0.39 is 11.7 Å². The Bertz CT molecular complexity index is 539. The molecule has 0 spiro atoms. The highest BCUT2D eigenvalue weighted by molar-refractivity contribution is 5.80. The molecule has 21 heavy (non-hydrogen) atoms. The Morgan fingerprint density at radius 3 is 2.57 bits per heavy atom. The molecule has 0 bridgehead atoms. The fourth-order valence-electron chi connectivity index (χ4n) is 2.88. The first-order valence-corrected chi connectivity index (χ1v) is 7.07. The van der Waals surface area contributed by atoms with Crippen LogP contribution < -0.4 is 5.73 Å². The Morgan fingerprint density at radius 2 is 1.90 bits per heavy atom. The van der Waals surface area contributed by atoms with Gasteiger partial charge in [0.15, 0.2) is 5.90 Å². The largest absolute Gasteiger partial charge is 0.475 e. The van der Waals surface area contributed by atoms with Crippen LogP contribution in [0.15, 0.2) is 29.3 Å². The molecule has 2 N–H and O–H groups in total. The number of aliphatic imine (C=N–C) groups is 1. The second kappa shape index (κ2) is 5.33. The average molecular weight is 298 g/mol. The average Bonchev–Trinajstić information content (AvgIpc) is 2.79. The van der Waals surface area contributed by atoms with Crippen molar-refractivity contribution in [2.45, 2.75) is 50.0 Å². The monoisotopic (exact) mass is 298 g/mol. The topological polar surface area (TPSA) is 47.6 Å². The summed E-state index contributed by atoms with van der Waals surface area (Å²) < 4.78 is 43.3. The van der Waals surface area contributed by atoms with Crippen LogP contribution in [0, 0.1) is 0 Å². The van der Waals surface area contributed by atoms with Gasteiger partial charge in [-0.2, -0.15) is 13.2 Å². The maximum absolute atomic E-state index is 12.5. The molecule has 6 heteroatoms. The van der Waals surface area contributed by atoms with Gasteiger partial charge in [-0.25, -0.2) is 4.99 Å². The fraction of sp³-hybridized carbons (Fsp3) is 0.533. The summed E-state index contributed by atoms with van der Waals surface area (Å²) in [6, 6.07) is 5.45. The molecule has 1 heterocycles. The summed E-state index contributed by atoms with van der Waals surface area (Å²) in [6.45, 7) is 0. The van der Waals surface area contributed by atoms with Gasteiger partial charge in [-0.3, -0.25) is 0 Å². The lowest BCUT2D eigenvalue weighted by Crippen LogP contribution is -2.38. The molecule has 114 valence electrons. The Labute approximate surface area is 121 Å². The van der Waals surface area contributed by atoms with E-state index in [1.165, 1.54) is 12.1 Å². The maximum Gasteiger partial charge on any atom is 0.416 e. The third-order valence-electron chi connectivity index (χ3n) is 4.03. The van der Waals surface area contributed by atoms with Crippen molar-refractivity contribution in [2.75, 3.05) is 0 Å². The fourth-order valence-corrected chi connectivity index (χ4v) is 2.88. The van der Waals surface area contributed by atoms with Crippen molar-refractivity contribution in [2.24, 2.45) is 10.7 Å². The molecule has 0 radical (unpaired) electrons. The number of ether oxygens (including phenoxy) is 1. The van der Waals surface area contributed by atoms with Crippen molar-refractivity contribution in [3.05, 3.63) is 35.4 Å². The predicted molar refractivity (Wildman–Crippen MR) is 73.1 cm³/mol. The second-order valence-corrected chi connectivity index (χ2v) is 5.69. The Hall–Kier alpha value is -1.56. The zero-order valence-corrected chi connectivity index (χ0v) is 11.4. The highest BCUT2D eigenvalue weighted by atomic mass is 19.4. The van der Waals surface area contributed by atoms with E-state index in [2.05, 4.69) is 4.99 Å². The summed E-state index contributed by atoms with van der Waals surface area (Å²) in [5, 5.41) is 0. The summed E-state index contributed by atoms with van der Waals surface area (Å²) >= 11 is 0. The first kappa shape index (κ1) is 14.4. The number of nitrogens with two attached hydrogens (primary N) is 1. The number of fused-ring (bicyclic) bond motifs is 1. The predicted octanol–water partition coefficient (Wildman–Crippen LogP) is 2.93. The highest BCUT2D eigenvalue weighted by Crippen LogP contribution is 2.31. The van der Waals surface area contributed by atoms with Gasteiger partial charge >= 0.3 is 6.18 Å². The number of halogens is 3. The van der Waals surface area contributed by atoms with Crippen molar-refractivity contribution in [3.8, 4) is 0 Å². The van der Waals surface area contributed by atoms with Gasteiger partial charge in [-0.15, -0.1) is 0 Å². The van der Waals surface area contributed by atoms with Crippen LogP contribution in [0.1, 0.15) is 30.4 Å². The smallest absolute Gasteiger partial charge is 0.416 e. The van der Waals surface area contributed by atoms with E-state index in [0.29, 0.717) is 12.3 Å². The van der Waals surface area contributed by atoms with E-state index in [1.807, 2.05) is 0 Å². The van der Waals surface area contributed by atoms with Crippen LogP contribution >= 0.6 is 0 Å². The zero-order chi connectivity index (χ0) is 15.0. The van der Waals surface area contributed by atoms with Crippen molar-refractivity contribution in [3.63, 3.8) is 0 Å². The highest BCUT2D eigenvalue weighted by Gasteiger charge is 2.36. The number of nitrogens with zero attached hydrogens (tertiary/aromatic N) is 1. The van der Waals surface area contributed by atoms with Gasteiger partial charge in [0.2, 0.25) is 0 Å². The maximum atomic E-state index is 12.5. The molecule has 0 aromatic heterocycles. The summed E-state index contributed by atoms with van der Waals surface area (Å²) in [4.78, 5) is 4.53. The SMILES string of the molecule is NC1CCC2N=C(Cc3ccc(C(F)(F)F)cc3)OC2C1. The van der Waals surface area contributed by atoms with E-state index in [4.69, 9.17) is 10.5 Å². The van der Waals surface area contributed by atoms with Crippen LogP contribution in [0.2, 0.25) is 0 Å². The van der Waals surface area contributed by atoms with Crippen LogP contribution in [0.4, 0.5) is 13.2 Å². The van der Waals surface area contributed by atoms with E-state index in [0.717, 1.165) is 37.0 Å². The van der Waals surface area contributed by atoms with Gasteiger partial charge in [0.1, 0.15) is 6.10 Å². The van der Waals surface area contributed by atoms with Crippen molar-refractivity contribution in [1.29, 1.82) is 0 Å². The van der Waals surface area contributed by atoms with Crippen LogP contribution in [-0.4, -0.2) is 24.1 Å². The van der Waals surface area contributed by atoms with Crippen molar-refractivity contribution < 1.29 is 17.9 Å². The van der Waals surface area contributed by atoms with Crippen molar-refractivity contribution in [1.82, 2.24) is 0 Å². The summed E-state index contributed by atoms with van der Waals surface area (Å²) in [5.74, 6) is 0.610. The molecule has 3 nitrogen and oxygen atoms in total. The van der Waals surface area contributed by atoms with Gasteiger partial charge in [0.05, 0.1) is 11.6 Å². The first-order chi connectivity index (χ1) is 9.91. The Balaban J connectivity index is 1.65. The van der Waals surface area contributed by atoms with E-state index in [-0.39, 0.29) is 18.2 Å². The third-order valence-corrected chi connectivity index (χ3v) is 4.03. The molecule has 0 saturated heterocycles. The number of benzene rings is 1. The lowest BCUT2D eigenvalue weighted by atomic mass is 9.90. The Kier molecular flexibility index (Phi) is 3.65. The third kappa shape index (κ3) is 3.20. The zero-order valence-electron chi connectivity index (χ0n) is 11.4. The van der Waals surface area contributed by atoms with Gasteiger partial charge in [0.25, 0.3) is 0 Å². The number of alkyl halides is 3. The molecule has 1 aromatic rings. The lowest BCUT2D eigenvalue weighted by molar-refractivity contribution is -0.137. The standard InChI is InChI=1S/C15H17F3N2O/c16-15(17,18)10-3-1-9(2-4-10)7-14-20-12-6-5-11(19)8-13(12)21-14/h1-4,11-13H,5-8,19H2. The van der Waals surface area contributed by atoms with Crippen LogP contribution in [-0.2, 0) is 17.3 Å². The Morgan fingerprint density at radius 1 is 1.19 bits per heavy atom. The van der Waals surface area contributed by atoms with E-state index in [1.54, 1.807) is 0 Å². The molecule has 1 fully saturated rings. The van der Waals surface area contributed by atoms with Gasteiger partial charge in [-0.1, -0.05) is 12.1 Å². The van der Waals surface area contributed by atoms with Gasteiger partial charge in [-0.05, 0) is 30.5 Å². The van der Waals surface area contributed by atoms with Crippen LogP contribution in [0.25, 0.3) is 0 Å². The van der Waals surface area contributed by atoms with Crippen molar-refractivity contribution >= 4 is 5.90 Å². The molecular formula is C15H17F3N2O. The number of hydrogen-bond donors (Lipinski definition) is 1. The van der Waals surface area contributed by atoms with Gasteiger partial charge < -0.3 is 10.5 Å². The van der Waals surface area contributed by atoms with Gasteiger partial charge in [0, 0.05) is 18.9 Å². The summed E-state index contributed by atoms with van der Waals surface area (Å²) in [6.07, 6.45) is -1.17. The van der Waals surface area contributed by atoms with Crippen LogP contribution in [0.3, 0.4) is 0 Å². The molecule has 1 saturated carbocycles.